The fraction of sp³-hybridized carbons (Fsp3) is 0.562. The summed E-state index contributed by atoms with van der Waals surface area (Å²) in [5.74, 6) is 0.725. The molecule has 0 aromatic heterocycles. The van der Waals surface area contributed by atoms with E-state index in [1.165, 1.54) is 31.2 Å². The van der Waals surface area contributed by atoms with Crippen LogP contribution in [0.15, 0.2) is 28.7 Å². The van der Waals surface area contributed by atoms with E-state index in [9.17, 15) is 0 Å². The Morgan fingerprint density at radius 1 is 1.30 bits per heavy atom. The van der Waals surface area contributed by atoms with Crippen LogP contribution >= 0.6 is 28.1 Å². The Balaban J connectivity index is 1.86. The lowest BCUT2D eigenvalue weighted by molar-refractivity contribution is 0.300. The standard InChI is InChI=1S/C16H23BrN2S/c1-12-5-3-4-6-15(12)18-16(20)19(2)11-13-7-9-14(17)10-8-13/h7-10,12,15H,3-6,11H2,1-2H3,(H,18,20)/t12-,15+/m0/s1. The predicted octanol–water partition coefficient (Wildman–Crippen LogP) is 4.33. The Labute approximate surface area is 136 Å². The predicted molar refractivity (Wildman–Crippen MR) is 92.8 cm³/mol. The molecule has 1 fully saturated rings. The van der Waals surface area contributed by atoms with Gasteiger partial charge in [0, 0.05) is 24.1 Å². The number of nitrogens with one attached hydrogen (secondary N) is 1. The van der Waals surface area contributed by atoms with Crippen LogP contribution in [0.2, 0.25) is 0 Å². The number of thiocarbonyl (C=S) groups is 1. The van der Waals surface area contributed by atoms with Crippen molar-refractivity contribution < 1.29 is 0 Å². The van der Waals surface area contributed by atoms with Crippen LogP contribution in [0, 0.1) is 5.92 Å². The lowest BCUT2D eigenvalue weighted by atomic mass is 9.86. The van der Waals surface area contributed by atoms with Crippen LogP contribution in [0.1, 0.15) is 38.2 Å². The molecule has 4 heteroatoms. The van der Waals surface area contributed by atoms with E-state index in [1.807, 2.05) is 0 Å². The molecule has 2 nitrogen and oxygen atoms in total. The van der Waals surface area contributed by atoms with Crippen LogP contribution in [0.25, 0.3) is 0 Å². The maximum absolute atomic E-state index is 5.54. The molecule has 1 aliphatic rings. The van der Waals surface area contributed by atoms with Crippen molar-refractivity contribution in [3.8, 4) is 0 Å². The number of nitrogens with zero attached hydrogens (tertiary/aromatic N) is 1. The van der Waals surface area contributed by atoms with Gasteiger partial charge in [-0.05, 0) is 48.7 Å². The van der Waals surface area contributed by atoms with Crippen LogP contribution in [0.5, 0.6) is 0 Å². The van der Waals surface area contributed by atoms with Crippen molar-refractivity contribution in [2.75, 3.05) is 7.05 Å². The third-order valence-electron chi connectivity index (χ3n) is 4.10. The highest BCUT2D eigenvalue weighted by atomic mass is 79.9. The van der Waals surface area contributed by atoms with Crippen LogP contribution in [-0.4, -0.2) is 23.1 Å². The number of halogens is 1. The summed E-state index contributed by atoms with van der Waals surface area (Å²) in [5.41, 5.74) is 1.27. The molecule has 1 aliphatic carbocycles. The first kappa shape index (κ1) is 15.8. The molecule has 2 atom stereocenters. The summed E-state index contributed by atoms with van der Waals surface area (Å²) in [6, 6.07) is 8.95. The van der Waals surface area contributed by atoms with Gasteiger partial charge in [0.2, 0.25) is 0 Å². The third kappa shape index (κ3) is 4.45. The first-order valence-corrected chi connectivity index (χ1v) is 8.52. The maximum Gasteiger partial charge on any atom is 0.169 e. The minimum atomic E-state index is 0.545. The average molecular weight is 355 g/mol. The first-order chi connectivity index (χ1) is 9.56. The highest BCUT2D eigenvalue weighted by molar-refractivity contribution is 9.10. The topological polar surface area (TPSA) is 15.3 Å². The zero-order valence-corrected chi connectivity index (χ0v) is 14.6. The van der Waals surface area contributed by atoms with Crippen molar-refractivity contribution in [1.82, 2.24) is 10.2 Å². The van der Waals surface area contributed by atoms with Gasteiger partial charge < -0.3 is 10.2 Å². The highest BCUT2D eigenvalue weighted by Crippen LogP contribution is 2.24. The summed E-state index contributed by atoms with van der Waals surface area (Å²) >= 11 is 9.00. The summed E-state index contributed by atoms with van der Waals surface area (Å²) in [4.78, 5) is 2.12. The molecule has 110 valence electrons. The molecule has 2 rings (SSSR count). The quantitative estimate of drug-likeness (QED) is 0.813. The van der Waals surface area contributed by atoms with E-state index in [0.29, 0.717) is 6.04 Å². The van der Waals surface area contributed by atoms with Crippen molar-refractivity contribution in [3.63, 3.8) is 0 Å². The van der Waals surface area contributed by atoms with Crippen molar-refractivity contribution in [2.24, 2.45) is 5.92 Å². The first-order valence-electron chi connectivity index (χ1n) is 7.32. The normalized spacial score (nSPS) is 22.4. The summed E-state index contributed by atoms with van der Waals surface area (Å²) in [5, 5.41) is 4.42. The minimum Gasteiger partial charge on any atom is -0.360 e. The number of benzene rings is 1. The van der Waals surface area contributed by atoms with Gasteiger partial charge in [0.1, 0.15) is 0 Å². The van der Waals surface area contributed by atoms with Gasteiger partial charge in [-0.15, -0.1) is 0 Å². The summed E-state index contributed by atoms with van der Waals surface area (Å²) in [6.45, 7) is 3.17. The smallest absolute Gasteiger partial charge is 0.169 e. The number of hydrogen-bond acceptors (Lipinski definition) is 1. The second kappa shape index (κ2) is 7.41. The lowest BCUT2D eigenvalue weighted by Gasteiger charge is -2.33. The molecule has 0 spiro atoms. The van der Waals surface area contributed by atoms with Crippen LogP contribution < -0.4 is 5.32 Å². The molecule has 0 aliphatic heterocycles. The van der Waals surface area contributed by atoms with Gasteiger partial charge in [0.25, 0.3) is 0 Å². The minimum absolute atomic E-state index is 0.545. The monoisotopic (exact) mass is 354 g/mol. The van der Waals surface area contributed by atoms with Gasteiger partial charge in [-0.2, -0.15) is 0 Å². The largest absolute Gasteiger partial charge is 0.360 e. The molecule has 0 amide bonds. The fourth-order valence-corrected chi connectivity index (χ4v) is 3.22. The second-order valence-electron chi connectivity index (χ2n) is 5.80. The molecule has 0 heterocycles. The Morgan fingerprint density at radius 3 is 2.60 bits per heavy atom. The Kier molecular flexibility index (Phi) is 5.85. The molecular weight excluding hydrogens is 332 g/mol. The van der Waals surface area contributed by atoms with E-state index in [1.54, 1.807) is 0 Å². The van der Waals surface area contributed by atoms with Crippen molar-refractivity contribution in [1.29, 1.82) is 0 Å². The third-order valence-corrected chi connectivity index (χ3v) is 5.06. The van der Waals surface area contributed by atoms with Gasteiger partial charge >= 0.3 is 0 Å². The van der Waals surface area contributed by atoms with E-state index in [0.717, 1.165) is 22.0 Å². The van der Waals surface area contributed by atoms with E-state index in [2.05, 4.69) is 64.4 Å². The zero-order valence-electron chi connectivity index (χ0n) is 12.2. The van der Waals surface area contributed by atoms with Crippen LogP contribution in [0.3, 0.4) is 0 Å². The van der Waals surface area contributed by atoms with Crippen LogP contribution in [0.4, 0.5) is 0 Å². The molecule has 0 bridgehead atoms. The molecule has 0 radical (unpaired) electrons. The van der Waals surface area contributed by atoms with Crippen molar-refractivity contribution >= 4 is 33.3 Å². The van der Waals surface area contributed by atoms with Gasteiger partial charge in [-0.3, -0.25) is 0 Å². The molecule has 1 N–H and O–H groups in total. The average Bonchev–Trinajstić information content (AvgIpc) is 2.44. The summed E-state index contributed by atoms with van der Waals surface area (Å²) in [7, 11) is 2.06. The number of rotatable bonds is 3. The molecule has 0 saturated heterocycles. The Hall–Kier alpha value is -0.610. The maximum atomic E-state index is 5.54. The molecule has 20 heavy (non-hydrogen) atoms. The van der Waals surface area contributed by atoms with E-state index in [4.69, 9.17) is 12.2 Å². The van der Waals surface area contributed by atoms with Crippen LogP contribution in [-0.2, 0) is 6.54 Å². The van der Waals surface area contributed by atoms with Crippen molar-refractivity contribution in [2.45, 2.75) is 45.2 Å². The molecule has 0 unspecified atom stereocenters. The second-order valence-corrected chi connectivity index (χ2v) is 7.10. The molecule has 1 saturated carbocycles. The Morgan fingerprint density at radius 2 is 1.95 bits per heavy atom. The summed E-state index contributed by atoms with van der Waals surface area (Å²) < 4.78 is 1.11. The molecule has 1 aromatic rings. The SMILES string of the molecule is C[C@H]1CCCC[C@H]1NC(=S)N(C)Cc1ccc(Br)cc1. The molecular formula is C16H23BrN2S. The summed E-state index contributed by atoms with van der Waals surface area (Å²) in [6.07, 6.45) is 5.24. The lowest BCUT2D eigenvalue weighted by Crippen LogP contribution is -2.46. The Bertz CT molecular complexity index is 446. The van der Waals surface area contributed by atoms with Gasteiger partial charge in [-0.25, -0.2) is 0 Å². The van der Waals surface area contributed by atoms with E-state index in [-0.39, 0.29) is 0 Å². The van der Waals surface area contributed by atoms with E-state index < -0.39 is 0 Å². The van der Waals surface area contributed by atoms with Gasteiger partial charge in [-0.1, -0.05) is 47.8 Å². The van der Waals surface area contributed by atoms with Crippen molar-refractivity contribution in [3.05, 3.63) is 34.3 Å². The van der Waals surface area contributed by atoms with Gasteiger partial charge in [0.05, 0.1) is 0 Å². The van der Waals surface area contributed by atoms with E-state index >= 15 is 0 Å². The number of hydrogen-bond donors (Lipinski definition) is 1. The van der Waals surface area contributed by atoms with Gasteiger partial charge in [0.15, 0.2) is 5.11 Å². The molecule has 1 aromatic carbocycles. The zero-order chi connectivity index (χ0) is 14.5. The fourth-order valence-electron chi connectivity index (χ4n) is 2.73. The highest BCUT2D eigenvalue weighted by Gasteiger charge is 2.22.